The van der Waals surface area contributed by atoms with E-state index >= 15 is 0 Å². The zero-order chi connectivity index (χ0) is 13.6. The van der Waals surface area contributed by atoms with Crippen LogP contribution in [0.25, 0.3) is 0 Å². The lowest BCUT2D eigenvalue weighted by molar-refractivity contribution is -0.119. The van der Waals surface area contributed by atoms with Crippen LogP contribution in [0.3, 0.4) is 0 Å². The summed E-state index contributed by atoms with van der Waals surface area (Å²) in [6.45, 7) is 1.29. The van der Waals surface area contributed by atoms with Crippen LogP contribution in [0.2, 0.25) is 0 Å². The van der Waals surface area contributed by atoms with Crippen molar-refractivity contribution < 1.29 is 18.3 Å². The van der Waals surface area contributed by atoms with Crippen molar-refractivity contribution in [1.82, 2.24) is 0 Å². The molecular weight excluding hydrogens is 243 g/mol. The number of aliphatic hydroxyl groups is 1. The first kappa shape index (κ1) is 14.8. The van der Waals surface area contributed by atoms with Crippen LogP contribution >= 0.6 is 0 Å². The lowest BCUT2D eigenvalue weighted by atomic mass is 10.2. The number of aliphatic hydroxyl groups excluding tert-OH is 1. The van der Waals surface area contributed by atoms with Crippen molar-refractivity contribution in [2.75, 3.05) is 18.0 Å². The van der Waals surface area contributed by atoms with E-state index in [0.717, 1.165) is 12.8 Å². The number of anilines is 1. The van der Waals surface area contributed by atoms with Gasteiger partial charge >= 0.3 is 6.18 Å². The Balaban J connectivity index is 2.79. The van der Waals surface area contributed by atoms with Gasteiger partial charge < -0.3 is 10.0 Å². The van der Waals surface area contributed by atoms with Gasteiger partial charge in [-0.1, -0.05) is 25.5 Å². The monoisotopic (exact) mass is 261 g/mol. The molecule has 18 heavy (non-hydrogen) atoms. The Morgan fingerprint density at radius 3 is 2.22 bits per heavy atom. The minimum Gasteiger partial charge on any atom is -0.392 e. The number of halogens is 3. The molecule has 0 aromatic heterocycles. The molecule has 2 nitrogen and oxygen atoms in total. The van der Waals surface area contributed by atoms with Gasteiger partial charge in [-0.2, -0.15) is 13.2 Å². The van der Waals surface area contributed by atoms with Gasteiger partial charge in [-0.25, -0.2) is 0 Å². The fourth-order valence-corrected chi connectivity index (χ4v) is 1.68. The summed E-state index contributed by atoms with van der Waals surface area (Å²) in [5.41, 5.74) is 1.24. The van der Waals surface area contributed by atoms with Gasteiger partial charge in [-0.05, 0) is 24.1 Å². The van der Waals surface area contributed by atoms with E-state index in [1.807, 2.05) is 6.92 Å². The lowest BCUT2D eigenvalue weighted by Crippen LogP contribution is -2.35. The number of benzene rings is 1. The molecule has 102 valence electrons. The highest BCUT2D eigenvalue weighted by molar-refractivity contribution is 5.47. The van der Waals surface area contributed by atoms with E-state index in [1.54, 1.807) is 24.3 Å². The van der Waals surface area contributed by atoms with E-state index in [1.165, 1.54) is 4.90 Å². The molecule has 5 heteroatoms. The molecule has 1 rings (SSSR count). The predicted octanol–water partition coefficient (Wildman–Crippen LogP) is 3.35. The summed E-state index contributed by atoms with van der Waals surface area (Å²) in [5, 5.41) is 8.90. The van der Waals surface area contributed by atoms with Gasteiger partial charge in [-0.15, -0.1) is 0 Å². The van der Waals surface area contributed by atoms with Crippen LogP contribution < -0.4 is 4.90 Å². The summed E-state index contributed by atoms with van der Waals surface area (Å²) < 4.78 is 37.4. The number of rotatable bonds is 6. The molecule has 0 aliphatic carbocycles. The van der Waals surface area contributed by atoms with E-state index in [0.29, 0.717) is 17.8 Å². The van der Waals surface area contributed by atoms with E-state index in [-0.39, 0.29) is 6.61 Å². The molecule has 0 aliphatic rings. The maximum atomic E-state index is 12.5. The van der Waals surface area contributed by atoms with Gasteiger partial charge in [0.1, 0.15) is 6.54 Å². The van der Waals surface area contributed by atoms with Crippen molar-refractivity contribution in [2.24, 2.45) is 0 Å². The van der Waals surface area contributed by atoms with Crippen LogP contribution in [0.1, 0.15) is 25.3 Å². The molecule has 0 fully saturated rings. The quantitative estimate of drug-likeness (QED) is 0.849. The maximum absolute atomic E-state index is 12.5. The Morgan fingerprint density at radius 1 is 1.17 bits per heavy atom. The first-order chi connectivity index (χ1) is 8.46. The Morgan fingerprint density at radius 2 is 1.78 bits per heavy atom. The highest BCUT2D eigenvalue weighted by atomic mass is 19.4. The SMILES string of the molecule is CCCCN(CC(F)(F)F)c1ccc(CO)cc1. The molecule has 0 amide bonds. The Kier molecular flexibility index (Phi) is 5.47. The van der Waals surface area contributed by atoms with E-state index < -0.39 is 12.7 Å². The smallest absolute Gasteiger partial charge is 0.392 e. The van der Waals surface area contributed by atoms with Gasteiger partial charge in [-0.3, -0.25) is 0 Å². The Bertz CT molecular complexity index is 348. The molecule has 0 radical (unpaired) electrons. The third-order valence-corrected chi connectivity index (χ3v) is 2.64. The zero-order valence-corrected chi connectivity index (χ0v) is 10.4. The summed E-state index contributed by atoms with van der Waals surface area (Å²) in [6.07, 6.45) is -2.63. The summed E-state index contributed by atoms with van der Waals surface area (Å²) in [7, 11) is 0. The van der Waals surface area contributed by atoms with Gasteiger partial charge in [0.05, 0.1) is 6.61 Å². The first-order valence-corrected chi connectivity index (χ1v) is 5.97. The second kappa shape index (κ2) is 6.64. The van der Waals surface area contributed by atoms with Crippen LogP contribution in [-0.2, 0) is 6.61 Å². The van der Waals surface area contributed by atoms with E-state index in [4.69, 9.17) is 5.11 Å². The second-order valence-electron chi connectivity index (χ2n) is 4.21. The molecule has 0 saturated heterocycles. The molecule has 0 spiro atoms. The van der Waals surface area contributed by atoms with Crippen molar-refractivity contribution in [3.05, 3.63) is 29.8 Å². The molecule has 1 aromatic carbocycles. The third-order valence-electron chi connectivity index (χ3n) is 2.64. The standard InChI is InChI=1S/C13H18F3NO/c1-2-3-8-17(10-13(14,15)16)12-6-4-11(9-18)5-7-12/h4-7,18H,2-3,8-10H2,1H3. The summed E-state index contributed by atoms with van der Waals surface area (Å²) >= 11 is 0. The number of hydrogen-bond acceptors (Lipinski definition) is 2. The zero-order valence-electron chi connectivity index (χ0n) is 10.4. The van der Waals surface area contributed by atoms with Crippen molar-refractivity contribution in [1.29, 1.82) is 0 Å². The fraction of sp³-hybridized carbons (Fsp3) is 0.538. The molecule has 0 bridgehead atoms. The minimum atomic E-state index is -4.20. The van der Waals surface area contributed by atoms with Crippen LogP contribution in [0, 0.1) is 0 Å². The molecule has 0 unspecified atom stereocenters. The van der Waals surface area contributed by atoms with E-state index in [9.17, 15) is 13.2 Å². The maximum Gasteiger partial charge on any atom is 0.405 e. The fourth-order valence-electron chi connectivity index (χ4n) is 1.68. The Labute approximate surface area is 105 Å². The highest BCUT2D eigenvalue weighted by Crippen LogP contribution is 2.23. The molecule has 1 aromatic rings. The van der Waals surface area contributed by atoms with Crippen molar-refractivity contribution in [3.63, 3.8) is 0 Å². The number of unbranched alkanes of at least 4 members (excludes halogenated alkanes) is 1. The summed E-state index contributed by atoms with van der Waals surface area (Å²) in [5.74, 6) is 0. The largest absolute Gasteiger partial charge is 0.405 e. The van der Waals surface area contributed by atoms with Crippen molar-refractivity contribution in [2.45, 2.75) is 32.5 Å². The summed E-state index contributed by atoms with van der Waals surface area (Å²) in [6, 6.07) is 6.52. The Hall–Kier alpha value is -1.23. The minimum absolute atomic E-state index is 0.103. The first-order valence-electron chi connectivity index (χ1n) is 5.97. The van der Waals surface area contributed by atoms with Crippen molar-refractivity contribution >= 4 is 5.69 Å². The number of hydrogen-bond donors (Lipinski definition) is 1. The van der Waals surface area contributed by atoms with Gasteiger partial charge in [0.15, 0.2) is 0 Å². The van der Waals surface area contributed by atoms with Crippen LogP contribution in [-0.4, -0.2) is 24.4 Å². The molecular formula is C13H18F3NO. The molecule has 0 aliphatic heterocycles. The van der Waals surface area contributed by atoms with Gasteiger partial charge in [0.25, 0.3) is 0 Å². The van der Waals surface area contributed by atoms with Gasteiger partial charge in [0, 0.05) is 12.2 Å². The van der Waals surface area contributed by atoms with Crippen LogP contribution in [0.5, 0.6) is 0 Å². The van der Waals surface area contributed by atoms with E-state index in [2.05, 4.69) is 0 Å². The number of nitrogens with zero attached hydrogens (tertiary/aromatic N) is 1. The topological polar surface area (TPSA) is 23.5 Å². The predicted molar refractivity (Wildman–Crippen MR) is 65.5 cm³/mol. The van der Waals surface area contributed by atoms with Crippen molar-refractivity contribution in [3.8, 4) is 0 Å². The normalized spacial score (nSPS) is 11.6. The number of alkyl halides is 3. The lowest BCUT2D eigenvalue weighted by Gasteiger charge is -2.26. The molecule has 0 saturated carbocycles. The van der Waals surface area contributed by atoms with Crippen LogP contribution in [0.15, 0.2) is 24.3 Å². The highest BCUT2D eigenvalue weighted by Gasteiger charge is 2.30. The molecule has 0 atom stereocenters. The average Bonchev–Trinajstić information content (AvgIpc) is 2.33. The third kappa shape index (κ3) is 4.96. The van der Waals surface area contributed by atoms with Crippen LogP contribution in [0.4, 0.5) is 18.9 Å². The average molecular weight is 261 g/mol. The molecule has 0 heterocycles. The summed E-state index contributed by atoms with van der Waals surface area (Å²) in [4.78, 5) is 1.32. The van der Waals surface area contributed by atoms with Gasteiger partial charge in [0.2, 0.25) is 0 Å². The molecule has 1 N–H and O–H groups in total. The second-order valence-corrected chi connectivity index (χ2v) is 4.21.